The second-order valence-corrected chi connectivity index (χ2v) is 6.92. The summed E-state index contributed by atoms with van der Waals surface area (Å²) >= 11 is 1.80. The van der Waals surface area contributed by atoms with E-state index in [4.69, 9.17) is 9.47 Å². The number of fused-ring (bicyclic) bond motifs is 1. The highest BCUT2D eigenvalue weighted by Gasteiger charge is 2.28. The van der Waals surface area contributed by atoms with Gasteiger partial charge in [-0.2, -0.15) is 0 Å². The molecule has 0 radical (unpaired) electrons. The molecule has 0 spiro atoms. The van der Waals surface area contributed by atoms with Crippen LogP contribution < -0.4 is 9.47 Å². The van der Waals surface area contributed by atoms with Crippen LogP contribution in [0.2, 0.25) is 0 Å². The average Bonchev–Trinajstić information content (AvgIpc) is 2.82. The van der Waals surface area contributed by atoms with Crippen LogP contribution in [0.1, 0.15) is 22.8 Å². The molecule has 1 aliphatic heterocycles. The van der Waals surface area contributed by atoms with Crippen LogP contribution in [0.5, 0.6) is 11.5 Å². The Kier molecular flexibility index (Phi) is 5.30. The zero-order chi connectivity index (χ0) is 16.9. The molecule has 3 rings (SSSR count). The third-order valence-corrected chi connectivity index (χ3v) is 5.55. The van der Waals surface area contributed by atoms with Gasteiger partial charge in [0.05, 0.1) is 14.2 Å². The molecule has 0 saturated carbocycles. The van der Waals surface area contributed by atoms with Gasteiger partial charge in [0.15, 0.2) is 0 Å². The number of carbonyl (C=O) groups is 1. The van der Waals surface area contributed by atoms with Crippen LogP contribution in [0.15, 0.2) is 47.4 Å². The first kappa shape index (κ1) is 16.7. The Bertz CT molecular complexity index is 705. The molecule has 2 aromatic rings. The molecule has 0 N–H and O–H groups in total. The first-order valence-corrected chi connectivity index (χ1v) is 8.79. The van der Waals surface area contributed by atoms with Crippen molar-refractivity contribution in [2.75, 3.05) is 20.8 Å². The number of hydrogen-bond acceptors (Lipinski definition) is 4. The number of rotatable bonds is 5. The molecule has 126 valence electrons. The number of thioether (sulfide) groups is 1. The predicted octanol–water partition coefficient (Wildman–Crippen LogP) is 3.90. The van der Waals surface area contributed by atoms with Crippen molar-refractivity contribution in [1.29, 1.82) is 0 Å². The highest BCUT2D eigenvalue weighted by molar-refractivity contribution is 7.99. The molecular weight excluding hydrogens is 322 g/mol. The van der Waals surface area contributed by atoms with Crippen molar-refractivity contribution in [2.45, 2.75) is 23.1 Å². The number of ether oxygens (including phenoxy) is 2. The van der Waals surface area contributed by atoms with Crippen LogP contribution in [0, 0.1) is 0 Å². The molecule has 0 saturated heterocycles. The highest BCUT2D eigenvalue weighted by atomic mass is 32.2. The van der Waals surface area contributed by atoms with Crippen LogP contribution in [0.3, 0.4) is 0 Å². The van der Waals surface area contributed by atoms with Gasteiger partial charge in [-0.15, -0.1) is 11.8 Å². The Balaban J connectivity index is 2.07. The lowest BCUT2D eigenvalue weighted by Crippen LogP contribution is -2.21. The Morgan fingerprint density at radius 2 is 1.79 bits per heavy atom. The Morgan fingerprint density at radius 3 is 2.46 bits per heavy atom. The fourth-order valence-electron chi connectivity index (χ4n) is 3.09. The quantitative estimate of drug-likeness (QED) is 0.772. The lowest BCUT2D eigenvalue weighted by atomic mass is 10.0. The second-order valence-electron chi connectivity index (χ2n) is 5.65. The molecule has 5 heteroatoms. The van der Waals surface area contributed by atoms with Crippen LogP contribution >= 0.6 is 11.8 Å². The summed E-state index contributed by atoms with van der Waals surface area (Å²) in [7, 11) is 3.35. The zero-order valence-electron chi connectivity index (χ0n) is 13.9. The van der Waals surface area contributed by atoms with Crippen molar-refractivity contribution < 1.29 is 14.3 Å². The van der Waals surface area contributed by atoms with Gasteiger partial charge in [0.1, 0.15) is 11.5 Å². The molecule has 1 heterocycles. The minimum absolute atomic E-state index is 0.206. The maximum absolute atomic E-state index is 11.4. The van der Waals surface area contributed by atoms with Crippen molar-refractivity contribution >= 4 is 18.2 Å². The van der Waals surface area contributed by atoms with Crippen LogP contribution in [0.4, 0.5) is 0 Å². The number of amides is 1. The minimum Gasteiger partial charge on any atom is -0.496 e. The predicted molar refractivity (Wildman–Crippen MR) is 95.7 cm³/mol. The second kappa shape index (κ2) is 7.62. The lowest BCUT2D eigenvalue weighted by Gasteiger charge is -2.21. The standard InChI is InChI=1S/C19H21NO3S/c1-22-16-8-9-17(23-2)19-15(16)12-20(13-21)11-10-18(19)24-14-6-4-3-5-7-14/h3-9,13,18H,10-12H2,1-2H3. The van der Waals surface area contributed by atoms with Crippen molar-refractivity contribution in [3.8, 4) is 11.5 Å². The molecule has 0 bridgehead atoms. The zero-order valence-corrected chi connectivity index (χ0v) is 14.7. The van der Waals surface area contributed by atoms with E-state index in [1.807, 2.05) is 30.3 Å². The summed E-state index contributed by atoms with van der Waals surface area (Å²) in [5, 5.41) is 0.206. The van der Waals surface area contributed by atoms with Gasteiger partial charge < -0.3 is 14.4 Å². The molecular formula is C19H21NO3S. The maximum Gasteiger partial charge on any atom is 0.210 e. The third-order valence-electron chi connectivity index (χ3n) is 4.25. The smallest absolute Gasteiger partial charge is 0.210 e. The fourth-order valence-corrected chi connectivity index (χ4v) is 4.33. The normalized spacial score (nSPS) is 16.9. The number of benzene rings is 2. The topological polar surface area (TPSA) is 38.8 Å². The third kappa shape index (κ3) is 3.36. The molecule has 0 aromatic heterocycles. The van der Waals surface area contributed by atoms with Crippen molar-refractivity contribution in [3.63, 3.8) is 0 Å². The number of nitrogens with zero attached hydrogens (tertiary/aromatic N) is 1. The van der Waals surface area contributed by atoms with E-state index in [2.05, 4.69) is 12.1 Å². The van der Waals surface area contributed by atoms with E-state index in [9.17, 15) is 4.79 Å². The van der Waals surface area contributed by atoms with Gasteiger partial charge >= 0.3 is 0 Å². The van der Waals surface area contributed by atoms with Crippen molar-refractivity contribution in [3.05, 3.63) is 53.6 Å². The van der Waals surface area contributed by atoms with E-state index in [-0.39, 0.29) is 5.25 Å². The molecule has 4 nitrogen and oxygen atoms in total. The molecule has 1 atom stereocenters. The van der Waals surface area contributed by atoms with Crippen molar-refractivity contribution in [2.24, 2.45) is 0 Å². The molecule has 1 amide bonds. The van der Waals surface area contributed by atoms with Crippen molar-refractivity contribution in [1.82, 2.24) is 4.90 Å². The first-order valence-electron chi connectivity index (χ1n) is 7.91. The largest absolute Gasteiger partial charge is 0.496 e. The number of hydrogen-bond donors (Lipinski definition) is 0. The van der Waals surface area contributed by atoms with Gasteiger partial charge in [0.25, 0.3) is 0 Å². The summed E-state index contributed by atoms with van der Waals surface area (Å²) < 4.78 is 11.2. The Labute approximate surface area is 146 Å². The van der Waals surface area contributed by atoms with Crippen LogP contribution in [0.25, 0.3) is 0 Å². The molecule has 1 aliphatic rings. The van der Waals surface area contributed by atoms with E-state index < -0.39 is 0 Å². The average molecular weight is 343 g/mol. The molecule has 1 unspecified atom stereocenters. The Hall–Kier alpha value is -2.14. The van der Waals surface area contributed by atoms with E-state index in [0.717, 1.165) is 42.0 Å². The number of carbonyl (C=O) groups excluding carboxylic acids is 1. The highest BCUT2D eigenvalue weighted by Crippen LogP contribution is 2.47. The summed E-state index contributed by atoms with van der Waals surface area (Å²) in [6.07, 6.45) is 1.78. The summed E-state index contributed by atoms with van der Waals surface area (Å²) in [5.41, 5.74) is 2.17. The minimum atomic E-state index is 0.206. The fraction of sp³-hybridized carbons (Fsp3) is 0.316. The van der Waals surface area contributed by atoms with E-state index >= 15 is 0 Å². The van der Waals surface area contributed by atoms with Gasteiger partial charge in [-0.05, 0) is 30.7 Å². The lowest BCUT2D eigenvalue weighted by molar-refractivity contribution is -0.118. The van der Waals surface area contributed by atoms with E-state index in [1.165, 1.54) is 4.90 Å². The number of methoxy groups -OCH3 is 2. The first-order chi connectivity index (χ1) is 11.8. The van der Waals surface area contributed by atoms with Gasteiger partial charge in [0.2, 0.25) is 6.41 Å². The van der Waals surface area contributed by atoms with Gasteiger partial charge in [-0.1, -0.05) is 18.2 Å². The summed E-state index contributed by atoms with van der Waals surface area (Å²) in [5.74, 6) is 1.66. The van der Waals surface area contributed by atoms with Gasteiger partial charge in [-0.3, -0.25) is 4.79 Å². The maximum atomic E-state index is 11.4. The molecule has 0 fully saturated rings. The van der Waals surface area contributed by atoms with E-state index in [0.29, 0.717) is 6.54 Å². The molecule has 0 aliphatic carbocycles. The monoisotopic (exact) mass is 343 g/mol. The van der Waals surface area contributed by atoms with Gasteiger partial charge in [0, 0.05) is 34.4 Å². The SMILES string of the molecule is COc1ccc(OC)c2c1CN(C=O)CCC2Sc1ccccc1. The Morgan fingerprint density at radius 1 is 1.08 bits per heavy atom. The molecule has 2 aromatic carbocycles. The summed E-state index contributed by atoms with van der Waals surface area (Å²) in [6.45, 7) is 1.26. The van der Waals surface area contributed by atoms with Crippen LogP contribution in [-0.4, -0.2) is 32.1 Å². The van der Waals surface area contributed by atoms with E-state index in [1.54, 1.807) is 30.9 Å². The summed E-state index contributed by atoms with van der Waals surface area (Å²) in [4.78, 5) is 14.4. The molecule has 24 heavy (non-hydrogen) atoms. The van der Waals surface area contributed by atoms with Crippen LogP contribution in [-0.2, 0) is 11.3 Å². The van der Waals surface area contributed by atoms with Gasteiger partial charge in [-0.25, -0.2) is 0 Å². The summed E-state index contributed by atoms with van der Waals surface area (Å²) in [6, 6.07) is 14.2.